The second kappa shape index (κ2) is 5.81. The van der Waals surface area contributed by atoms with Crippen molar-refractivity contribution in [3.63, 3.8) is 0 Å². The highest BCUT2D eigenvalue weighted by atomic mass is 32.1. The summed E-state index contributed by atoms with van der Waals surface area (Å²) in [5.41, 5.74) is 1.20. The van der Waals surface area contributed by atoms with Crippen LogP contribution in [0.15, 0.2) is 35.1 Å². The lowest BCUT2D eigenvalue weighted by Crippen LogP contribution is -2.16. The van der Waals surface area contributed by atoms with Gasteiger partial charge in [0.1, 0.15) is 5.75 Å². The Morgan fingerprint density at radius 3 is 2.89 bits per heavy atom. The number of rotatable bonds is 4. The van der Waals surface area contributed by atoms with E-state index in [0.717, 1.165) is 5.56 Å². The number of aliphatic hydroxyl groups excluding tert-OH is 1. The molecule has 100 valence electrons. The van der Waals surface area contributed by atoms with E-state index in [1.807, 2.05) is 24.3 Å². The van der Waals surface area contributed by atoms with E-state index in [0.29, 0.717) is 22.8 Å². The normalized spacial score (nSPS) is 10.4. The van der Waals surface area contributed by atoms with Crippen molar-refractivity contribution in [3.8, 4) is 17.0 Å². The maximum atomic E-state index is 11.6. The molecular weight excluding hydrogens is 264 g/mol. The molecule has 2 aromatic rings. The van der Waals surface area contributed by atoms with E-state index < -0.39 is 0 Å². The third kappa shape index (κ3) is 2.91. The van der Waals surface area contributed by atoms with Crippen LogP contribution in [0.2, 0.25) is 0 Å². The Hall–Kier alpha value is -1.92. The zero-order valence-electron chi connectivity index (χ0n) is 10.4. The summed E-state index contributed by atoms with van der Waals surface area (Å²) in [4.78, 5) is 14.1. The number of nitrogens with one attached hydrogen (secondary N) is 1. The quantitative estimate of drug-likeness (QED) is 0.833. The van der Waals surface area contributed by atoms with Gasteiger partial charge in [-0.2, -0.15) is 0 Å². The Bertz CT molecular complexity index is 691. The van der Waals surface area contributed by atoms with Crippen molar-refractivity contribution in [2.75, 3.05) is 13.7 Å². The smallest absolute Gasteiger partial charge is 0.252 e. The predicted octanol–water partition coefficient (Wildman–Crippen LogP) is 1.57. The zero-order valence-corrected chi connectivity index (χ0v) is 11.2. The van der Waals surface area contributed by atoms with Crippen molar-refractivity contribution in [2.24, 2.45) is 0 Å². The summed E-state index contributed by atoms with van der Waals surface area (Å²) < 4.78 is 7.14. The van der Waals surface area contributed by atoms with Gasteiger partial charge in [0.25, 0.3) is 5.56 Å². The molecule has 0 unspecified atom stereocenters. The highest BCUT2D eigenvalue weighted by Gasteiger charge is 2.07. The average molecular weight is 278 g/mol. The van der Waals surface area contributed by atoms with Crippen LogP contribution in [0.3, 0.4) is 0 Å². The number of hydrogen-bond acceptors (Lipinski definition) is 4. The standard InChI is InChI=1S/C13H14N2O3S/c1-18-10-4-2-3-9(7-10)11-8-12(17)14-13(19)15(11)5-6-16/h2-4,7-8,16H,5-6H2,1H3,(H,14,17,19). The van der Waals surface area contributed by atoms with Crippen molar-refractivity contribution in [1.82, 2.24) is 9.55 Å². The zero-order chi connectivity index (χ0) is 13.8. The van der Waals surface area contributed by atoms with Crippen LogP contribution < -0.4 is 10.3 Å². The van der Waals surface area contributed by atoms with E-state index in [4.69, 9.17) is 22.1 Å². The molecule has 19 heavy (non-hydrogen) atoms. The van der Waals surface area contributed by atoms with Gasteiger partial charge in [-0.25, -0.2) is 0 Å². The number of aromatic amines is 1. The second-order valence-electron chi connectivity index (χ2n) is 3.93. The Kier molecular flexibility index (Phi) is 4.13. The van der Waals surface area contributed by atoms with Crippen LogP contribution >= 0.6 is 12.2 Å². The molecule has 5 nitrogen and oxygen atoms in total. The van der Waals surface area contributed by atoms with Crippen LogP contribution in [-0.2, 0) is 6.54 Å². The summed E-state index contributed by atoms with van der Waals surface area (Å²) in [5.74, 6) is 0.694. The Morgan fingerprint density at radius 1 is 1.42 bits per heavy atom. The molecule has 0 aliphatic heterocycles. The molecular formula is C13H14N2O3S. The van der Waals surface area contributed by atoms with Gasteiger partial charge < -0.3 is 14.4 Å². The number of aromatic nitrogens is 2. The molecule has 0 spiro atoms. The monoisotopic (exact) mass is 278 g/mol. The summed E-state index contributed by atoms with van der Waals surface area (Å²) >= 11 is 5.12. The summed E-state index contributed by atoms with van der Waals surface area (Å²) in [7, 11) is 1.58. The molecule has 0 atom stereocenters. The van der Waals surface area contributed by atoms with Crippen LogP contribution in [0.4, 0.5) is 0 Å². The third-order valence-electron chi connectivity index (χ3n) is 2.72. The molecule has 0 saturated carbocycles. The summed E-state index contributed by atoms with van der Waals surface area (Å²) in [6.45, 7) is 0.263. The number of methoxy groups -OCH3 is 1. The highest BCUT2D eigenvalue weighted by molar-refractivity contribution is 7.71. The molecule has 2 N–H and O–H groups in total. The number of H-pyrrole nitrogens is 1. The summed E-state index contributed by atoms with van der Waals surface area (Å²) in [6, 6.07) is 8.79. The van der Waals surface area contributed by atoms with Crippen molar-refractivity contribution in [2.45, 2.75) is 6.54 Å². The number of nitrogens with zero attached hydrogens (tertiary/aromatic N) is 1. The minimum Gasteiger partial charge on any atom is -0.497 e. The van der Waals surface area contributed by atoms with Gasteiger partial charge in [-0.15, -0.1) is 0 Å². The van der Waals surface area contributed by atoms with Crippen molar-refractivity contribution in [1.29, 1.82) is 0 Å². The number of ether oxygens (including phenoxy) is 1. The largest absolute Gasteiger partial charge is 0.497 e. The molecule has 1 aromatic carbocycles. The van der Waals surface area contributed by atoms with Gasteiger partial charge in [-0.3, -0.25) is 9.78 Å². The molecule has 0 aliphatic carbocycles. The summed E-state index contributed by atoms with van der Waals surface area (Å²) in [5, 5.41) is 9.10. The van der Waals surface area contributed by atoms with E-state index in [2.05, 4.69) is 4.98 Å². The van der Waals surface area contributed by atoms with E-state index in [9.17, 15) is 4.79 Å². The van der Waals surface area contributed by atoms with Crippen LogP contribution in [0.5, 0.6) is 5.75 Å². The molecule has 0 bridgehead atoms. The van der Waals surface area contributed by atoms with Crippen LogP contribution in [0, 0.1) is 4.77 Å². The molecule has 1 heterocycles. The Balaban J connectivity index is 2.65. The maximum Gasteiger partial charge on any atom is 0.252 e. The maximum absolute atomic E-state index is 11.6. The molecule has 0 amide bonds. The average Bonchev–Trinajstić information content (AvgIpc) is 2.41. The minimum absolute atomic E-state index is 0.0582. The van der Waals surface area contributed by atoms with Gasteiger partial charge in [-0.1, -0.05) is 12.1 Å². The van der Waals surface area contributed by atoms with Gasteiger partial charge in [0.15, 0.2) is 4.77 Å². The molecule has 6 heteroatoms. The topological polar surface area (TPSA) is 67.2 Å². The first kappa shape index (κ1) is 13.5. The van der Waals surface area contributed by atoms with Gasteiger partial charge in [0.05, 0.1) is 19.4 Å². The molecule has 2 rings (SSSR count). The molecule has 0 fully saturated rings. The van der Waals surface area contributed by atoms with E-state index in [-0.39, 0.29) is 12.2 Å². The second-order valence-corrected chi connectivity index (χ2v) is 4.32. The Labute approximate surface area is 115 Å². The lowest BCUT2D eigenvalue weighted by atomic mass is 10.1. The molecule has 0 saturated heterocycles. The first-order valence-electron chi connectivity index (χ1n) is 5.75. The van der Waals surface area contributed by atoms with E-state index in [1.165, 1.54) is 6.07 Å². The van der Waals surface area contributed by atoms with Crippen LogP contribution in [-0.4, -0.2) is 28.4 Å². The Morgan fingerprint density at radius 2 is 2.21 bits per heavy atom. The first-order chi connectivity index (χ1) is 9.15. The fourth-order valence-electron chi connectivity index (χ4n) is 1.86. The van der Waals surface area contributed by atoms with E-state index >= 15 is 0 Å². The summed E-state index contributed by atoms with van der Waals surface area (Å²) in [6.07, 6.45) is 0. The molecule has 0 aliphatic rings. The van der Waals surface area contributed by atoms with Gasteiger partial charge in [-0.05, 0) is 24.4 Å². The fourth-order valence-corrected chi connectivity index (χ4v) is 2.15. The number of hydrogen-bond donors (Lipinski definition) is 2. The number of aliphatic hydroxyl groups is 1. The third-order valence-corrected chi connectivity index (χ3v) is 3.05. The van der Waals surface area contributed by atoms with E-state index in [1.54, 1.807) is 11.7 Å². The van der Waals surface area contributed by atoms with Gasteiger partial charge in [0.2, 0.25) is 0 Å². The SMILES string of the molecule is COc1cccc(-c2cc(=O)[nH]c(=S)n2CCO)c1. The minimum atomic E-state index is -0.267. The lowest BCUT2D eigenvalue weighted by Gasteiger charge is -2.13. The van der Waals surface area contributed by atoms with Gasteiger partial charge in [0, 0.05) is 18.2 Å². The number of benzene rings is 1. The first-order valence-corrected chi connectivity index (χ1v) is 6.16. The fraction of sp³-hybridized carbons (Fsp3) is 0.231. The van der Waals surface area contributed by atoms with Crippen molar-refractivity contribution < 1.29 is 9.84 Å². The highest BCUT2D eigenvalue weighted by Crippen LogP contribution is 2.22. The van der Waals surface area contributed by atoms with Crippen LogP contribution in [0.25, 0.3) is 11.3 Å². The van der Waals surface area contributed by atoms with Gasteiger partial charge >= 0.3 is 0 Å². The van der Waals surface area contributed by atoms with Crippen LogP contribution in [0.1, 0.15) is 0 Å². The van der Waals surface area contributed by atoms with Crippen molar-refractivity contribution in [3.05, 3.63) is 45.5 Å². The molecule has 1 aromatic heterocycles. The van der Waals surface area contributed by atoms with Crippen molar-refractivity contribution >= 4 is 12.2 Å². The lowest BCUT2D eigenvalue weighted by molar-refractivity contribution is 0.275. The predicted molar refractivity (Wildman–Crippen MR) is 75.0 cm³/mol. The molecule has 0 radical (unpaired) electrons.